The summed E-state index contributed by atoms with van der Waals surface area (Å²) in [4.78, 5) is 0. The fourth-order valence-electron chi connectivity index (χ4n) is 1.23. The topological polar surface area (TPSA) is 0 Å². The maximum absolute atomic E-state index is 2.36. The van der Waals surface area contributed by atoms with E-state index in [4.69, 9.17) is 0 Å². The summed E-state index contributed by atoms with van der Waals surface area (Å²) in [6.07, 6.45) is 4.36. The number of hydrogen-bond donors (Lipinski definition) is 0. The first-order valence-corrected chi connectivity index (χ1v) is 6.74. The fourth-order valence-corrected chi connectivity index (χ4v) is 2.84. The van der Waals surface area contributed by atoms with E-state index in [0.29, 0.717) is 0 Å². The Kier molecular flexibility index (Phi) is 2.74. The van der Waals surface area contributed by atoms with Gasteiger partial charge in [-0.1, -0.05) is 62.7 Å². The molecular formula is C12H11I. The Morgan fingerprint density at radius 2 is 1.85 bits per heavy atom. The Balaban J connectivity index is 2.36. The number of rotatable bonds is 1. The quantitative estimate of drug-likeness (QED) is 0.689. The molecule has 0 bridgehead atoms. The lowest BCUT2D eigenvalue weighted by molar-refractivity contribution is 1.46. The highest BCUT2D eigenvalue weighted by Gasteiger charge is 1.97. The van der Waals surface area contributed by atoms with Crippen LogP contribution in [0.5, 0.6) is 0 Å². The number of hydrogen-bond acceptors (Lipinski definition) is 0. The molecule has 0 saturated heterocycles. The van der Waals surface area contributed by atoms with Gasteiger partial charge in [0.1, 0.15) is 0 Å². The molecule has 1 aromatic rings. The van der Waals surface area contributed by atoms with Crippen molar-refractivity contribution < 1.29 is 0 Å². The summed E-state index contributed by atoms with van der Waals surface area (Å²) in [6.45, 7) is 2.12. The lowest BCUT2D eigenvalue weighted by Crippen LogP contribution is -1.82. The molecule has 0 N–H and O–H groups in total. The second kappa shape index (κ2) is 4.01. The standard InChI is InChI=1S/C12H11I/c1-10-4-6-11(7-5-10)12-3-2-8-13-9-12/h2-9H,1H3. The van der Waals surface area contributed by atoms with Crippen molar-refractivity contribution in [3.8, 4) is 0 Å². The molecule has 13 heavy (non-hydrogen) atoms. The summed E-state index contributed by atoms with van der Waals surface area (Å²) in [5.74, 6) is 0. The number of aryl methyl sites for hydroxylation is 1. The molecule has 0 aliphatic carbocycles. The van der Waals surface area contributed by atoms with E-state index in [9.17, 15) is 0 Å². The van der Waals surface area contributed by atoms with E-state index in [1.807, 2.05) is 0 Å². The molecule has 1 aliphatic heterocycles. The molecule has 0 radical (unpaired) electrons. The van der Waals surface area contributed by atoms with Crippen molar-refractivity contribution in [3.63, 3.8) is 0 Å². The third-order valence-corrected chi connectivity index (χ3v) is 3.85. The Morgan fingerprint density at radius 1 is 1.08 bits per heavy atom. The van der Waals surface area contributed by atoms with E-state index < -0.39 is 0 Å². The Labute approximate surface area is 88.7 Å². The predicted molar refractivity (Wildman–Crippen MR) is 68.4 cm³/mol. The van der Waals surface area contributed by atoms with E-state index in [0.717, 1.165) is 0 Å². The summed E-state index contributed by atoms with van der Waals surface area (Å²) < 4.78 is 4.64. The van der Waals surface area contributed by atoms with E-state index in [-0.39, 0.29) is 20.7 Å². The van der Waals surface area contributed by atoms with Crippen LogP contribution in [0.25, 0.3) is 5.57 Å². The molecule has 0 amide bonds. The van der Waals surface area contributed by atoms with Crippen molar-refractivity contribution in [1.29, 1.82) is 0 Å². The van der Waals surface area contributed by atoms with Crippen molar-refractivity contribution in [2.45, 2.75) is 6.92 Å². The molecule has 0 aromatic heterocycles. The van der Waals surface area contributed by atoms with Crippen LogP contribution >= 0.6 is 20.7 Å². The van der Waals surface area contributed by atoms with Crippen LogP contribution in [-0.4, -0.2) is 4.01 Å². The molecule has 0 spiro atoms. The lowest BCUT2D eigenvalue weighted by atomic mass is 10.1. The Morgan fingerprint density at radius 3 is 2.46 bits per heavy atom. The molecule has 1 aliphatic rings. The summed E-state index contributed by atoms with van der Waals surface area (Å²) in [7, 11) is 0. The van der Waals surface area contributed by atoms with Gasteiger partial charge in [-0.15, -0.1) is 0 Å². The minimum Gasteiger partial charge on any atom is -0.0931 e. The third kappa shape index (κ3) is 2.15. The van der Waals surface area contributed by atoms with Gasteiger partial charge in [0.15, 0.2) is 0 Å². The normalized spacial score (nSPS) is 15.0. The molecule has 2 rings (SSSR count). The maximum Gasteiger partial charge on any atom is -0.0127 e. The van der Waals surface area contributed by atoms with Crippen molar-refractivity contribution in [2.75, 3.05) is 0 Å². The zero-order valence-electron chi connectivity index (χ0n) is 7.50. The second-order valence-corrected chi connectivity index (χ2v) is 5.10. The minimum atomic E-state index is 0.167. The van der Waals surface area contributed by atoms with Gasteiger partial charge in [0.2, 0.25) is 0 Å². The molecule has 1 heterocycles. The van der Waals surface area contributed by atoms with Crippen LogP contribution in [0.2, 0.25) is 0 Å². The number of halogens is 1. The van der Waals surface area contributed by atoms with Gasteiger partial charge in [0, 0.05) is 0 Å². The minimum absolute atomic E-state index is 0.167. The van der Waals surface area contributed by atoms with Crippen LogP contribution in [0.3, 0.4) is 0 Å². The zero-order chi connectivity index (χ0) is 9.10. The number of benzene rings is 1. The van der Waals surface area contributed by atoms with E-state index >= 15 is 0 Å². The summed E-state index contributed by atoms with van der Waals surface area (Å²) >= 11 is 0.167. The van der Waals surface area contributed by atoms with Crippen LogP contribution in [0.1, 0.15) is 11.1 Å². The van der Waals surface area contributed by atoms with Crippen LogP contribution < -0.4 is 0 Å². The van der Waals surface area contributed by atoms with Gasteiger partial charge in [-0.05, 0) is 26.2 Å². The van der Waals surface area contributed by atoms with Crippen molar-refractivity contribution >= 4 is 30.3 Å². The lowest BCUT2D eigenvalue weighted by Gasteiger charge is -2.03. The average Bonchev–Trinajstić information content (AvgIpc) is 2.20. The highest BCUT2D eigenvalue weighted by Crippen LogP contribution is 2.22. The Bertz CT molecular complexity index is 380. The largest absolute Gasteiger partial charge is 0.0931 e. The van der Waals surface area contributed by atoms with E-state index in [1.165, 1.54) is 16.7 Å². The average molecular weight is 282 g/mol. The van der Waals surface area contributed by atoms with Crippen LogP contribution in [0, 0.1) is 6.92 Å². The summed E-state index contributed by atoms with van der Waals surface area (Å²) in [5.41, 5.74) is 4.05. The predicted octanol–water partition coefficient (Wildman–Crippen LogP) is 3.68. The molecule has 0 atom stereocenters. The second-order valence-electron chi connectivity index (χ2n) is 3.04. The molecule has 0 fully saturated rings. The molecule has 0 unspecified atom stereocenters. The smallest absolute Gasteiger partial charge is 0.0127 e. The van der Waals surface area contributed by atoms with E-state index in [1.54, 1.807) is 0 Å². The van der Waals surface area contributed by atoms with Crippen LogP contribution in [0.4, 0.5) is 0 Å². The molecular weight excluding hydrogens is 271 g/mol. The van der Waals surface area contributed by atoms with Crippen LogP contribution in [-0.2, 0) is 0 Å². The Hall–Kier alpha value is -0.700. The van der Waals surface area contributed by atoms with Crippen molar-refractivity contribution in [1.82, 2.24) is 0 Å². The molecule has 0 saturated carbocycles. The van der Waals surface area contributed by atoms with Gasteiger partial charge >= 0.3 is 0 Å². The van der Waals surface area contributed by atoms with Gasteiger partial charge in [-0.25, -0.2) is 0 Å². The first kappa shape index (κ1) is 8.88. The fraction of sp³-hybridized carbons (Fsp3) is 0.0833. The van der Waals surface area contributed by atoms with Gasteiger partial charge in [0.05, 0.1) is 0 Å². The van der Waals surface area contributed by atoms with Crippen LogP contribution in [0.15, 0.2) is 40.5 Å². The molecule has 0 nitrogen and oxygen atoms in total. The number of allylic oxidation sites excluding steroid dienone is 3. The zero-order valence-corrected chi connectivity index (χ0v) is 9.65. The maximum atomic E-state index is 2.36. The summed E-state index contributed by atoms with van der Waals surface area (Å²) in [6, 6.07) is 8.72. The highest BCUT2D eigenvalue weighted by atomic mass is 127. The van der Waals surface area contributed by atoms with Gasteiger partial charge in [-0.2, -0.15) is 0 Å². The van der Waals surface area contributed by atoms with Gasteiger partial charge < -0.3 is 0 Å². The highest BCUT2D eigenvalue weighted by molar-refractivity contribution is 14.2. The van der Waals surface area contributed by atoms with Gasteiger partial charge in [0.25, 0.3) is 0 Å². The molecule has 1 aromatic carbocycles. The molecule has 66 valence electrons. The van der Waals surface area contributed by atoms with Gasteiger partial charge in [-0.3, -0.25) is 0 Å². The van der Waals surface area contributed by atoms with E-state index in [2.05, 4.69) is 51.4 Å². The third-order valence-electron chi connectivity index (χ3n) is 1.99. The van der Waals surface area contributed by atoms with Crippen molar-refractivity contribution in [2.24, 2.45) is 0 Å². The molecule has 1 heteroatoms. The first-order chi connectivity index (χ1) is 6.36. The summed E-state index contributed by atoms with van der Waals surface area (Å²) in [5, 5.41) is 0. The monoisotopic (exact) mass is 282 g/mol. The van der Waals surface area contributed by atoms with Crippen molar-refractivity contribution in [3.05, 3.63) is 51.6 Å². The SMILES string of the molecule is Cc1ccc(C2=CI=CC=C2)cc1. The first-order valence-electron chi connectivity index (χ1n) is 4.25.